The van der Waals surface area contributed by atoms with E-state index in [0.717, 1.165) is 12.8 Å². The summed E-state index contributed by atoms with van der Waals surface area (Å²) in [6, 6.07) is 0. The molecule has 1 unspecified atom stereocenters. The van der Waals surface area contributed by atoms with E-state index in [1.165, 1.54) is 38.5 Å². The van der Waals surface area contributed by atoms with E-state index < -0.39 is 0 Å². The van der Waals surface area contributed by atoms with Crippen molar-refractivity contribution in [1.82, 2.24) is 0 Å². The van der Waals surface area contributed by atoms with Crippen LogP contribution in [0.2, 0.25) is 0 Å². The zero-order valence-electron chi connectivity index (χ0n) is 8.55. The topological polar surface area (TPSA) is 29.6 Å². The quantitative estimate of drug-likeness (QED) is 0.428. The number of carbonyl (C=O) groups excluding carboxylic acids is 1. The molecule has 1 rings (SSSR count). The molecule has 2 nitrogen and oxygen atoms in total. The van der Waals surface area contributed by atoms with Crippen LogP contribution >= 0.6 is 0 Å². The normalized spacial score (nSPS) is 20.1. The number of rotatable bonds is 8. The van der Waals surface area contributed by atoms with Crippen LogP contribution in [-0.2, 0) is 9.53 Å². The fourth-order valence-corrected chi connectivity index (χ4v) is 1.57. The highest BCUT2D eigenvalue weighted by Crippen LogP contribution is 2.20. The molecule has 0 N–H and O–H groups in total. The summed E-state index contributed by atoms with van der Waals surface area (Å²) >= 11 is 0. The lowest BCUT2D eigenvalue weighted by Crippen LogP contribution is -1.87. The van der Waals surface area contributed by atoms with E-state index in [-0.39, 0.29) is 12.1 Å². The zero-order chi connectivity index (χ0) is 9.52. The van der Waals surface area contributed by atoms with Crippen molar-refractivity contribution >= 4 is 5.97 Å². The Labute approximate surface area is 80.7 Å². The van der Waals surface area contributed by atoms with Crippen molar-refractivity contribution in [2.24, 2.45) is 0 Å². The minimum Gasteiger partial charge on any atom is -0.448 e. The summed E-state index contributed by atoms with van der Waals surface area (Å²) < 4.78 is 4.72. The van der Waals surface area contributed by atoms with Crippen LogP contribution in [0.25, 0.3) is 0 Å². The lowest BCUT2D eigenvalue weighted by molar-refractivity contribution is -0.117. The maximum Gasteiger partial charge on any atom is 0.348 e. The van der Waals surface area contributed by atoms with Gasteiger partial charge in [0.05, 0.1) is 0 Å². The maximum atomic E-state index is 10.5. The second kappa shape index (κ2) is 6.01. The number of epoxide rings is 1. The molecule has 0 aromatic carbocycles. The average molecular weight is 184 g/mol. The summed E-state index contributed by atoms with van der Waals surface area (Å²) in [5, 5.41) is 0. The molecule has 13 heavy (non-hydrogen) atoms. The average Bonchev–Trinajstić information content (AvgIpc) is 2.81. The van der Waals surface area contributed by atoms with Crippen molar-refractivity contribution in [3.8, 4) is 0 Å². The SMILES string of the molecule is CCCCCCCCCC1OC1=O. The fourth-order valence-electron chi connectivity index (χ4n) is 1.57. The van der Waals surface area contributed by atoms with Gasteiger partial charge in [0, 0.05) is 0 Å². The zero-order valence-corrected chi connectivity index (χ0v) is 8.55. The first kappa shape index (κ1) is 10.6. The van der Waals surface area contributed by atoms with Crippen LogP contribution in [0, 0.1) is 0 Å². The number of hydrogen-bond donors (Lipinski definition) is 0. The fraction of sp³-hybridized carbons (Fsp3) is 0.909. The molecular formula is C11H20O2. The van der Waals surface area contributed by atoms with E-state index in [0.29, 0.717) is 0 Å². The minimum absolute atomic E-state index is 0.00554. The Kier molecular flexibility index (Phi) is 4.87. The molecule has 1 aliphatic heterocycles. The van der Waals surface area contributed by atoms with E-state index in [1.54, 1.807) is 0 Å². The molecule has 76 valence electrons. The van der Waals surface area contributed by atoms with Crippen molar-refractivity contribution in [1.29, 1.82) is 0 Å². The van der Waals surface area contributed by atoms with Gasteiger partial charge in [0.15, 0.2) is 6.10 Å². The van der Waals surface area contributed by atoms with Gasteiger partial charge in [-0.15, -0.1) is 0 Å². The van der Waals surface area contributed by atoms with Crippen LogP contribution in [0.15, 0.2) is 0 Å². The van der Waals surface area contributed by atoms with Crippen LogP contribution in [0.3, 0.4) is 0 Å². The molecule has 0 spiro atoms. The third kappa shape index (κ3) is 4.91. The number of hydrogen-bond acceptors (Lipinski definition) is 2. The lowest BCUT2D eigenvalue weighted by Gasteiger charge is -1.98. The highest BCUT2D eigenvalue weighted by atomic mass is 16.6. The van der Waals surface area contributed by atoms with Gasteiger partial charge in [0.1, 0.15) is 0 Å². The highest BCUT2D eigenvalue weighted by Gasteiger charge is 2.36. The van der Waals surface area contributed by atoms with E-state index in [9.17, 15) is 4.79 Å². The number of ether oxygens (including phenoxy) is 1. The predicted octanol–water partition coefficient (Wildman–Crippen LogP) is 3.05. The monoisotopic (exact) mass is 184 g/mol. The Morgan fingerprint density at radius 2 is 1.62 bits per heavy atom. The molecule has 1 saturated heterocycles. The predicted molar refractivity (Wildman–Crippen MR) is 52.5 cm³/mol. The second-order valence-corrected chi connectivity index (χ2v) is 3.84. The second-order valence-electron chi connectivity index (χ2n) is 3.84. The molecule has 0 amide bonds. The Bertz CT molecular complexity index is 154. The minimum atomic E-state index is -0.0179. The van der Waals surface area contributed by atoms with Gasteiger partial charge in [-0.25, -0.2) is 4.79 Å². The first-order valence-corrected chi connectivity index (χ1v) is 5.55. The van der Waals surface area contributed by atoms with Crippen LogP contribution < -0.4 is 0 Å². The van der Waals surface area contributed by atoms with Crippen molar-refractivity contribution in [2.45, 2.75) is 64.4 Å². The van der Waals surface area contributed by atoms with Gasteiger partial charge in [-0.3, -0.25) is 0 Å². The van der Waals surface area contributed by atoms with Gasteiger partial charge in [-0.2, -0.15) is 0 Å². The maximum absolute atomic E-state index is 10.5. The van der Waals surface area contributed by atoms with E-state index in [1.807, 2.05) is 0 Å². The van der Waals surface area contributed by atoms with Crippen LogP contribution in [-0.4, -0.2) is 12.1 Å². The van der Waals surface area contributed by atoms with Gasteiger partial charge in [-0.1, -0.05) is 45.4 Å². The molecule has 1 fully saturated rings. The summed E-state index contributed by atoms with van der Waals surface area (Å²) in [6.07, 6.45) is 10.1. The van der Waals surface area contributed by atoms with Crippen molar-refractivity contribution in [2.75, 3.05) is 0 Å². The molecule has 2 heteroatoms. The molecule has 0 radical (unpaired) electrons. The molecule has 1 heterocycles. The summed E-state index contributed by atoms with van der Waals surface area (Å²) in [7, 11) is 0. The van der Waals surface area contributed by atoms with Crippen LogP contribution in [0.4, 0.5) is 0 Å². The first-order chi connectivity index (χ1) is 6.34. The van der Waals surface area contributed by atoms with E-state index in [2.05, 4.69) is 6.92 Å². The summed E-state index contributed by atoms with van der Waals surface area (Å²) in [4.78, 5) is 10.5. The third-order valence-electron chi connectivity index (χ3n) is 2.53. The molecule has 0 saturated carbocycles. The summed E-state index contributed by atoms with van der Waals surface area (Å²) in [5.74, 6) is 0.00554. The Morgan fingerprint density at radius 1 is 1.08 bits per heavy atom. The number of cyclic esters (lactones) is 1. The third-order valence-corrected chi connectivity index (χ3v) is 2.53. The lowest BCUT2D eigenvalue weighted by atomic mass is 10.1. The molecule has 0 bridgehead atoms. The first-order valence-electron chi connectivity index (χ1n) is 5.55. The molecule has 0 aromatic heterocycles. The summed E-state index contributed by atoms with van der Waals surface area (Å²) in [5.41, 5.74) is 0. The van der Waals surface area contributed by atoms with Crippen LogP contribution in [0.5, 0.6) is 0 Å². The number of unbranched alkanes of at least 4 members (excludes halogenated alkanes) is 6. The van der Waals surface area contributed by atoms with Gasteiger partial charge in [0.2, 0.25) is 0 Å². The Morgan fingerprint density at radius 3 is 2.15 bits per heavy atom. The van der Waals surface area contributed by atoms with Crippen molar-refractivity contribution in [3.05, 3.63) is 0 Å². The molecule has 1 aliphatic rings. The molecule has 0 aliphatic carbocycles. The number of carbonyl (C=O) groups is 1. The smallest absolute Gasteiger partial charge is 0.348 e. The van der Waals surface area contributed by atoms with Crippen molar-refractivity contribution < 1.29 is 9.53 Å². The Balaban J connectivity index is 1.72. The van der Waals surface area contributed by atoms with Gasteiger partial charge in [0.25, 0.3) is 0 Å². The van der Waals surface area contributed by atoms with Gasteiger partial charge < -0.3 is 4.74 Å². The van der Waals surface area contributed by atoms with Gasteiger partial charge in [-0.05, 0) is 12.8 Å². The largest absolute Gasteiger partial charge is 0.448 e. The Hall–Kier alpha value is -0.530. The molecule has 0 aromatic rings. The standard InChI is InChI=1S/C11H20O2/c1-2-3-4-5-6-7-8-9-10-11(12)13-10/h10H,2-9H2,1H3. The molecule has 1 atom stereocenters. The van der Waals surface area contributed by atoms with E-state index >= 15 is 0 Å². The van der Waals surface area contributed by atoms with E-state index in [4.69, 9.17) is 4.74 Å². The van der Waals surface area contributed by atoms with Crippen LogP contribution in [0.1, 0.15) is 58.3 Å². The molecular weight excluding hydrogens is 164 g/mol. The highest BCUT2D eigenvalue weighted by molar-refractivity contribution is 5.87. The van der Waals surface area contributed by atoms with Crippen molar-refractivity contribution in [3.63, 3.8) is 0 Å². The van der Waals surface area contributed by atoms with Gasteiger partial charge >= 0.3 is 5.97 Å². The summed E-state index contributed by atoms with van der Waals surface area (Å²) in [6.45, 7) is 2.23.